The fraction of sp³-hybridized carbons (Fsp3) is 0.393. The fourth-order valence-corrected chi connectivity index (χ4v) is 6.98. The zero-order chi connectivity index (χ0) is 26.7. The first kappa shape index (κ1) is 25.7. The van der Waals surface area contributed by atoms with Gasteiger partial charge in [-0.1, -0.05) is 53.5 Å². The van der Waals surface area contributed by atoms with Crippen LogP contribution in [0.1, 0.15) is 50.8 Å². The molecule has 2 atom stereocenters. The summed E-state index contributed by atoms with van der Waals surface area (Å²) in [5, 5.41) is 5.57. The van der Waals surface area contributed by atoms with E-state index in [0.717, 1.165) is 38.2 Å². The van der Waals surface area contributed by atoms with Crippen molar-refractivity contribution in [3.63, 3.8) is 0 Å². The third kappa shape index (κ3) is 4.51. The molecule has 198 valence electrons. The molecular formula is C28H30Cl2N6OS. The number of hydrogen-bond donors (Lipinski definition) is 1. The summed E-state index contributed by atoms with van der Waals surface area (Å²) in [7, 11) is -1.15. The first-order valence-corrected chi connectivity index (χ1v) is 14.7. The second-order valence-corrected chi connectivity index (χ2v) is 14.0. The molecule has 1 aliphatic heterocycles. The van der Waals surface area contributed by atoms with Crippen molar-refractivity contribution in [1.29, 1.82) is 0 Å². The predicted molar refractivity (Wildman–Crippen MR) is 154 cm³/mol. The monoisotopic (exact) mass is 568 g/mol. The van der Waals surface area contributed by atoms with Gasteiger partial charge in [-0.05, 0) is 68.7 Å². The van der Waals surface area contributed by atoms with Crippen LogP contribution in [0.25, 0.3) is 17.0 Å². The van der Waals surface area contributed by atoms with Crippen LogP contribution in [-0.4, -0.2) is 41.6 Å². The maximum Gasteiger partial charge on any atom is 0.183 e. The van der Waals surface area contributed by atoms with Crippen molar-refractivity contribution in [2.45, 2.75) is 50.8 Å². The standard InChI is InChI=1S/C28H30Cl2N6OS/c1-27(2,3)38(37)34-25-19-8-5-4-7-18(19)15-28(25)11-13-35(14-12-28)23-17-36-22(16-31-23)32-26(33-36)20-9-6-10-21(29)24(20)30/h4-10,16-17,25,34H,11-15H2,1-3H3/t25-,38+/m1/s1. The van der Waals surface area contributed by atoms with Crippen LogP contribution in [0.2, 0.25) is 10.0 Å². The molecule has 0 unspecified atom stereocenters. The molecule has 2 aromatic heterocycles. The lowest BCUT2D eigenvalue weighted by molar-refractivity contribution is 0.177. The minimum absolute atomic E-state index is 0.0228. The first-order valence-electron chi connectivity index (χ1n) is 12.8. The zero-order valence-corrected chi connectivity index (χ0v) is 23.9. The average Bonchev–Trinajstić information content (AvgIpc) is 3.44. The fourth-order valence-electron chi connectivity index (χ4n) is 5.65. The molecule has 0 saturated carbocycles. The van der Waals surface area contributed by atoms with Gasteiger partial charge < -0.3 is 4.90 Å². The Bertz CT molecular complexity index is 1540. The second kappa shape index (κ2) is 9.59. The molecule has 2 aliphatic rings. The summed E-state index contributed by atoms with van der Waals surface area (Å²) < 4.78 is 18.1. The summed E-state index contributed by atoms with van der Waals surface area (Å²) in [6, 6.07) is 14.1. The predicted octanol–water partition coefficient (Wildman–Crippen LogP) is 6.03. The van der Waals surface area contributed by atoms with E-state index in [0.29, 0.717) is 27.1 Å². The summed E-state index contributed by atoms with van der Waals surface area (Å²) in [6.07, 6.45) is 6.62. The van der Waals surface area contributed by atoms with Crippen LogP contribution in [0, 0.1) is 5.41 Å². The lowest BCUT2D eigenvalue weighted by atomic mass is 9.73. The molecule has 0 amide bonds. The van der Waals surface area contributed by atoms with Crippen molar-refractivity contribution in [2.24, 2.45) is 5.41 Å². The lowest BCUT2D eigenvalue weighted by Gasteiger charge is -2.44. The zero-order valence-electron chi connectivity index (χ0n) is 21.6. The van der Waals surface area contributed by atoms with E-state index in [2.05, 4.69) is 44.0 Å². The summed E-state index contributed by atoms with van der Waals surface area (Å²) in [6.45, 7) is 7.76. The van der Waals surface area contributed by atoms with Crippen molar-refractivity contribution >= 4 is 45.7 Å². The van der Waals surface area contributed by atoms with Gasteiger partial charge >= 0.3 is 0 Å². The largest absolute Gasteiger partial charge is 0.355 e. The van der Waals surface area contributed by atoms with Crippen LogP contribution in [0.5, 0.6) is 0 Å². The van der Waals surface area contributed by atoms with Crippen molar-refractivity contribution in [1.82, 2.24) is 24.3 Å². The van der Waals surface area contributed by atoms with Gasteiger partial charge in [-0.15, -0.1) is 5.10 Å². The van der Waals surface area contributed by atoms with E-state index in [-0.39, 0.29) is 16.2 Å². The van der Waals surface area contributed by atoms with Gasteiger partial charge in [0, 0.05) is 18.7 Å². The number of anilines is 1. The molecule has 6 rings (SSSR count). The summed E-state index contributed by atoms with van der Waals surface area (Å²) in [5.74, 6) is 1.37. The number of rotatable bonds is 4. The molecule has 1 aliphatic carbocycles. The van der Waals surface area contributed by atoms with E-state index in [4.69, 9.17) is 28.2 Å². The number of hydrogen-bond acceptors (Lipinski definition) is 5. The van der Waals surface area contributed by atoms with E-state index >= 15 is 0 Å². The smallest absolute Gasteiger partial charge is 0.183 e. The Morgan fingerprint density at radius 1 is 1.08 bits per heavy atom. The van der Waals surface area contributed by atoms with Crippen molar-refractivity contribution in [3.05, 3.63) is 76.0 Å². The molecule has 0 bridgehead atoms. The Morgan fingerprint density at radius 2 is 1.84 bits per heavy atom. The van der Waals surface area contributed by atoms with Crippen molar-refractivity contribution in [3.8, 4) is 11.4 Å². The number of aromatic nitrogens is 4. The Labute approximate surface area is 235 Å². The Hall–Kier alpha value is -2.52. The minimum atomic E-state index is -1.15. The highest BCUT2D eigenvalue weighted by Crippen LogP contribution is 2.52. The molecule has 4 aromatic rings. The number of nitrogens with zero attached hydrogens (tertiary/aromatic N) is 5. The number of benzene rings is 2. The SMILES string of the molecule is CC(C)(C)[S@](=O)N[C@@H]1c2ccccc2CC12CCN(c1cn3nc(-c4cccc(Cl)c4Cl)nc3cn1)CC2. The van der Waals surface area contributed by atoms with E-state index in [9.17, 15) is 4.21 Å². The molecular weight excluding hydrogens is 539 g/mol. The van der Waals surface area contributed by atoms with Gasteiger partial charge in [-0.2, -0.15) is 0 Å². The molecule has 1 fully saturated rings. The number of piperidine rings is 1. The Balaban J connectivity index is 1.24. The highest BCUT2D eigenvalue weighted by molar-refractivity contribution is 7.84. The van der Waals surface area contributed by atoms with E-state index < -0.39 is 11.0 Å². The van der Waals surface area contributed by atoms with E-state index in [1.165, 1.54) is 11.1 Å². The highest BCUT2D eigenvalue weighted by Gasteiger charge is 2.48. The van der Waals surface area contributed by atoms with Crippen LogP contribution in [-0.2, 0) is 17.4 Å². The van der Waals surface area contributed by atoms with Crippen molar-refractivity contribution < 1.29 is 4.21 Å². The van der Waals surface area contributed by atoms with Gasteiger partial charge in [0.1, 0.15) is 5.82 Å². The van der Waals surface area contributed by atoms with Gasteiger partial charge in [0.15, 0.2) is 11.5 Å². The van der Waals surface area contributed by atoms with Crippen LogP contribution in [0.15, 0.2) is 54.9 Å². The first-order chi connectivity index (χ1) is 18.1. The van der Waals surface area contributed by atoms with Gasteiger partial charge in [0.05, 0.1) is 44.2 Å². The quantitative estimate of drug-likeness (QED) is 0.325. The van der Waals surface area contributed by atoms with Crippen LogP contribution in [0.3, 0.4) is 0 Å². The molecule has 1 spiro atoms. The van der Waals surface area contributed by atoms with Gasteiger partial charge in [-0.25, -0.2) is 23.4 Å². The highest BCUT2D eigenvalue weighted by atomic mass is 35.5. The number of halogens is 2. The third-order valence-electron chi connectivity index (χ3n) is 7.79. The van der Waals surface area contributed by atoms with Crippen LogP contribution in [0.4, 0.5) is 5.82 Å². The van der Waals surface area contributed by atoms with Crippen LogP contribution >= 0.6 is 23.2 Å². The normalized spacial score (nSPS) is 19.7. The molecule has 0 radical (unpaired) electrons. The van der Waals surface area contributed by atoms with Gasteiger partial charge in [0.2, 0.25) is 0 Å². The molecule has 1 saturated heterocycles. The molecule has 10 heteroatoms. The van der Waals surface area contributed by atoms with Crippen molar-refractivity contribution in [2.75, 3.05) is 18.0 Å². The summed E-state index contributed by atoms with van der Waals surface area (Å²) in [5.41, 5.74) is 4.01. The maximum atomic E-state index is 13.2. The molecule has 38 heavy (non-hydrogen) atoms. The maximum absolute atomic E-state index is 13.2. The molecule has 1 N–H and O–H groups in total. The lowest BCUT2D eigenvalue weighted by Crippen LogP contribution is -2.48. The Kier molecular flexibility index (Phi) is 6.50. The molecule has 3 heterocycles. The van der Waals surface area contributed by atoms with Crippen LogP contribution < -0.4 is 9.62 Å². The molecule has 2 aromatic carbocycles. The third-order valence-corrected chi connectivity index (χ3v) is 10.2. The van der Waals surface area contributed by atoms with E-state index in [1.807, 2.05) is 39.1 Å². The Morgan fingerprint density at radius 3 is 2.61 bits per heavy atom. The van der Waals surface area contributed by atoms with Gasteiger partial charge in [0.25, 0.3) is 0 Å². The summed E-state index contributed by atoms with van der Waals surface area (Å²) in [4.78, 5) is 11.6. The second-order valence-electron chi connectivity index (χ2n) is 11.2. The number of fused-ring (bicyclic) bond motifs is 2. The average molecular weight is 570 g/mol. The van der Waals surface area contributed by atoms with Gasteiger partial charge in [-0.3, -0.25) is 0 Å². The minimum Gasteiger partial charge on any atom is -0.355 e. The van der Waals surface area contributed by atoms with E-state index in [1.54, 1.807) is 16.8 Å². The molecule has 7 nitrogen and oxygen atoms in total. The number of nitrogens with one attached hydrogen (secondary N) is 1. The summed E-state index contributed by atoms with van der Waals surface area (Å²) >= 11 is 12.6. The topological polar surface area (TPSA) is 75.4 Å².